The summed E-state index contributed by atoms with van der Waals surface area (Å²) in [5.41, 5.74) is 2.15. The number of sulfonamides is 1. The van der Waals surface area contributed by atoms with Gasteiger partial charge in [0, 0.05) is 11.6 Å². The first-order valence-electron chi connectivity index (χ1n) is 6.54. The Bertz CT molecular complexity index is 985. The Morgan fingerprint density at radius 2 is 2.04 bits per heavy atom. The highest BCUT2D eigenvalue weighted by atomic mass is 35.5. The van der Waals surface area contributed by atoms with Gasteiger partial charge in [-0.3, -0.25) is 4.72 Å². The average Bonchev–Trinajstić information content (AvgIpc) is 2.88. The summed E-state index contributed by atoms with van der Waals surface area (Å²) in [6.07, 6.45) is 2.76. The average molecular weight is 353 g/mol. The zero-order chi connectivity index (χ0) is 16.6. The lowest BCUT2D eigenvalue weighted by Crippen LogP contribution is -2.10. The smallest absolute Gasteiger partial charge is 0.229 e. The molecule has 0 saturated heterocycles. The number of nitrogens with one attached hydrogen (secondary N) is 1. The van der Waals surface area contributed by atoms with E-state index in [-0.39, 0.29) is 0 Å². The zero-order valence-electron chi connectivity index (χ0n) is 12.3. The van der Waals surface area contributed by atoms with Crippen molar-refractivity contribution in [2.24, 2.45) is 0 Å². The van der Waals surface area contributed by atoms with Crippen LogP contribution in [0.15, 0.2) is 36.5 Å². The predicted molar refractivity (Wildman–Crippen MR) is 88.5 cm³/mol. The molecule has 1 aromatic carbocycles. The van der Waals surface area contributed by atoms with Gasteiger partial charge in [0.2, 0.25) is 10.0 Å². The van der Waals surface area contributed by atoms with Crippen molar-refractivity contribution >= 4 is 33.0 Å². The summed E-state index contributed by atoms with van der Waals surface area (Å²) in [5.74, 6) is 0.532. The number of fused-ring (bicyclic) bond motifs is 1. The number of hydrogen-bond donors (Lipinski definition) is 1. The molecule has 2 heterocycles. The highest BCUT2D eigenvalue weighted by Crippen LogP contribution is 2.31. The Labute approximate surface area is 137 Å². The van der Waals surface area contributed by atoms with Crippen LogP contribution in [-0.4, -0.2) is 36.4 Å². The molecule has 1 N–H and O–H groups in total. The largest absolute Gasteiger partial charge is 0.497 e. The Balaban J connectivity index is 2.16. The van der Waals surface area contributed by atoms with Crippen LogP contribution in [-0.2, 0) is 10.0 Å². The van der Waals surface area contributed by atoms with Crippen LogP contribution >= 0.6 is 11.6 Å². The maximum Gasteiger partial charge on any atom is 0.229 e. The first kappa shape index (κ1) is 15.6. The standard InChI is InChI=1S/C14H13ClN4O3S/c1-22-9-3-4-10(11(7-9)18-23(2,20)21)12-8-19-14(16-12)6-5-13(15)17-19/h3-8,18H,1-2H3. The van der Waals surface area contributed by atoms with Crippen molar-refractivity contribution < 1.29 is 13.2 Å². The molecule has 0 unspecified atom stereocenters. The molecule has 0 aliphatic rings. The Morgan fingerprint density at radius 3 is 2.74 bits per heavy atom. The summed E-state index contributed by atoms with van der Waals surface area (Å²) in [6, 6.07) is 8.42. The van der Waals surface area contributed by atoms with Crippen LogP contribution in [0.25, 0.3) is 16.9 Å². The normalized spacial score (nSPS) is 11.6. The van der Waals surface area contributed by atoms with Crippen LogP contribution in [0.1, 0.15) is 0 Å². The molecule has 0 aliphatic heterocycles. The molecule has 0 saturated carbocycles. The van der Waals surface area contributed by atoms with Gasteiger partial charge in [-0.15, -0.1) is 0 Å². The molecule has 0 atom stereocenters. The van der Waals surface area contributed by atoms with Crippen molar-refractivity contribution in [2.45, 2.75) is 0 Å². The minimum absolute atomic E-state index is 0.339. The van der Waals surface area contributed by atoms with E-state index in [4.69, 9.17) is 16.3 Å². The van der Waals surface area contributed by atoms with Gasteiger partial charge in [0.05, 0.1) is 30.9 Å². The second kappa shape index (κ2) is 5.71. The van der Waals surface area contributed by atoms with Gasteiger partial charge in [-0.25, -0.2) is 17.9 Å². The number of anilines is 1. The molecule has 3 rings (SSSR count). The van der Waals surface area contributed by atoms with Gasteiger partial charge in [0.25, 0.3) is 0 Å². The third-order valence-corrected chi connectivity index (χ3v) is 3.88. The first-order chi connectivity index (χ1) is 10.9. The predicted octanol–water partition coefficient (Wildman–Crippen LogP) is 2.43. The van der Waals surface area contributed by atoms with Gasteiger partial charge in [-0.1, -0.05) is 11.6 Å². The van der Waals surface area contributed by atoms with Crippen LogP contribution < -0.4 is 9.46 Å². The van der Waals surface area contributed by atoms with Crippen molar-refractivity contribution in [2.75, 3.05) is 18.1 Å². The highest BCUT2D eigenvalue weighted by molar-refractivity contribution is 7.92. The van der Waals surface area contributed by atoms with E-state index in [2.05, 4.69) is 14.8 Å². The van der Waals surface area contributed by atoms with Gasteiger partial charge in [-0.05, 0) is 24.3 Å². The number of methoxy groups -OCH3 is 1. The first-order valence-corrected chi connectivity index (χ1v) is 8.81. The van der Waals surface area contributed by atoms with Gasteiger partial charge >= 0.3 is 0 Å². The molecule has 7 nitrogen and oxygen atoms in total. The summed E-state index contributed by atoms with van der Waals surface area (Å²) in [4.78, 5) is 4.44. The molecular formula is C14H13ClN4O3S. The number of imidazole rings is 1. The molecule has 2 aromatic heterocycles. The SMILES string of the molecule is COc1ccc(-c2cn3nc(Cl)ccc3n2)c(NS(C)(=O)=O)c1. The number of benzene rings is 1. The molecule has 3 aromatic rings. The number of ether oxygens (including phenoxy) is 1. The molecule has 120 valence electrons. The van der Waals surface area contributed by atoms with Crippen molar-refractivity contribution in [3.05, 3.63) is 41.7 Å². The maximum absolute atomic E-state index is 11.6. The Kier molecular flexibility index (Phi) is 3.87. The minimum atomic E-state index is -3.45. The molecule has 0 radical (unpaired) electrons. The Morgan fingerprint density at radius 1 is 1.26 bits per heavy atom. The molecule has 0 bridgehead atoms. The number of halogens is 1. The molecule has 0 amide bonds. The number of hydrogen-bond acceptors (Lipinski definition) is 5. The van der Waals surface area contributed by atoms with Gasteiger partial charge in [0.1, 0.15) is 10.9 Å². The van der Waals surface area contributed by atoms with Crippen LogP contribution in [0.3, 0.4) is 0 Å². The van der Waals surface area contributed by atoms with Crippen molar-refractivity contribution in [1.29, 1.82) is 0 Å². The van der Waals surface area contributed by atoms with E-state index in [0.29, 0.717) is 33.5 Å². The van der Waals surface area contributed by atoms with E-state index in [9.17, 15) is 8.42 Å². The lowest BCUT2D eigenvalue weighted by molar-refractivity contribution is 0.415. The molecule has 23 heavy (non-hydrogen) atoms. The fourth-order valence-electron chi connectivity index (χ4n) is 2.15. The van der Waals surface area contributed by atoms with Gasteiger partial charge in [-0.2, -0.15) is 5.10 Å². The lowest BCUT2D eigenvalue weighted by Gasteiger charge is -2.10. The summed E-state index contributed by atoms with van der Waals surface area (Å²) in [7, 11) is -1.94. The van der Waals surface area contributed by atoms with E-state index in [1.807, 2.05) is 0 Å². The molecule has 0 aliphatic carbocycles. The van der Waals surface area contributed by atoms with E-state index in [0.717, 1.165) is 6.26 Å². The third-order valence-electron chi connectivity index (χ3n) is 3.09. The summed E-state index contributed by atoms with van der Waals surface area (Å²) in [6.45, 7) is 0. The van der Waals surface area contributed by atoms with Crippen molar-refractivity contribution in [3.8, 4) is 17.0 Å². The lowest BCUT2D eigenvalue weighted by atomic mass is 10.1. The second-order valence-corrected chi connectivity index (χ2v) is 7.01. The molecular weight excluding hydrogens is 340 g/mol. The van der Waals surface area contributed by atoms with Crippen LogP contribution in [0.5, 0.6) is 5.75 Å². The van der Waals surface area contributed by atoms with Crippen molar-refractivity contribution in [3.63, 3.8) is 0 Å². The van der Waals surface area contributed by atoms with E-state index in [1.165, 1.54) is 11.6 Å². The number of aromatic nitrogens is 3. The van der Waals surface area contributed by atoms with E-state index in [1.54, 1.807) is 36.5 Å². The molecule has 0 spiro atoms. The number of nitrogens with zero attached hydrogens (tertiary/aromatic N) is 3. The summed E-state index contributed by atoms with van der Waals surface area (Å²) in [5, 5.41) is 4.45. The number of rotatable bonds is 4. The van der Waals surface area contributed by atoms with E-state index >= 15 is 0 Å². The monoisotopic (exact) mass is 352 g/mol. The van der Waals surface area contributed by atoms with Crippen LogP contribution in [0, 0.1) is 0 Å². The van der Waals surface area contributed by atoms with Gasteiger partial charge in [0.15, 0.2) is 5.65 Å². The molecule has 9 heteroatoms. The second-order valence-electron chi connectivity index (χ2n) is 4.87. The minimum Gasteiger partial charge on any atom is -0.497 e. The topological polar surface area (TPSA) is 85.6 Å². The maximum atomic E-state index is 11.6. The van der Waals surface area contributed by atoms with Crippen LogP contribution in [0.4, 0.5) is 5.69 Å². The highest BCUT2D eigenvalue weighted by Gasteiger charge is 2.14. The van der Waals surface area contributed by atoms with Gasteiger partial charge < -0.3 is 4.74 Å². The Hall–Kier alpha value is -2.32. The quantitative estimate of drug-likeness (QED) is 0.779. The third kappa shape index (κ3) is 3.38. The fraction of sp³-hybridized carbons (Fsp3) is 0.143. The fourth-order valence-corrected chi connectivity index (χ4v) is 2.86. The zero-order valence-corrected chi connectivity index (χ0v) is 13.9. The van der Waals surface area contributed by atoms with Crippen molar-refractivity contribution in [1.82, 2.24) is 14.6 Å². The van der Waals surface area contributed by atoms with E-state index < -0.39 is 10.0 Å². The summed E-state index contributed by atoms with van der Waals surface area (Å²) < 4.78 is 32.3. The molecule has 0 fully saturated rings. The summed E-state index contributed by atoms with van der Waals surface area (Å²) >= 11 is 5.86. The van der Waals surface area contributed by atoms with Crippen LogP contribution in [0.2, 0.25) is 5.15 Å².